The molecular weight excluding hydrogens is 478 g/mol. The van der Waals surface area contributed by atoms with E-state index in [1.54, 1.807) is 12.3 Å². The maximum atomic E-state index is 13.6. The van der Waals surface area contributed by atoms with Crippen LogP contribution < -0.4 is 11.1 Å². The van der Waals surface area contributed by atoms with Gasteiger partial charge in [0.05, 0.1) is 31.1 Å². The predicted molar refractivity (Wildman–Crippen MR) is 140 cm³/mol. The molecule has 5 rings (SSSR count). The van der Waals surface area contributed by atoms with E-state index in [2.05, 4.69) is 14.9 Å². The van der Waals surface area contributed by atoms with E-state index in [9.17, 15) is 9.59 Å². The fourth-order valence-corrected chi connectivity index (χ4v) is 5.16. The molecule has 9 heteroatoms. The molecule has 186 valence electrons. The smallest absolute Gasteiger partial charge is 0.306 e. The van der Waals surface area contributed by atoms with Crippen LogP contribution in [0.4, 0.5) is 5.69 Å². The van der Waals surface area contributed by atoms with Crippen LogP contribution in [-0.4, -0.2) is 46.5 Å². The fourth-order valence-electron chi connectivity index (χ4n) is 4.98. The number of rotatable bonds is 8. The van der Waals surface area contributed by atoms with Crippen molar-refractivity contribution in [1.82, 2.24) is 19.8 Å². The van der Waals surface area contributed by atoms with Crippen LogP contribution in [0.1, 0.15) is 24.6 Å². The van der Waals surface area contributed by atoms with Crippen LogP contribution >= 0.6 is 11.6 Å². The van der Waals surface area contributed by atoms with Crippen molar-refractivity contribution in [3.8, 4) is 0 Å². The molecule has 2 aromatic heterocycles. The number of pyridine rings is 1. The third-order valence-corrected chi connectivity index (χ3v) is 7.06. The van der Waals surface area contributed by atoms with Crippen molar-refractivity contribution in [3.05, 3.63) is 71.5 Å². The number of nitrogens with zero attached hydrogens (tertiary/aromatic N) is 3. The predicted octanol–water partition coefficient (Wildman–Crippen LogP) is 4.13. The van der Waals surface area contributed by atoms with Gasteiger partial charge in [0, 0.05) is 59.0 Å². The van der Waals surface area contributed by atoms with Crippen molar-refractivity contribution in [2.45, 2.75) is 25.6 Å². The van der Waals surface area contributed by atoms with Gasteiger partial charge in [-0.15, -0.1) is 0 Å². The number of benzene rings is 2. The van der Waals surface area contributed by atoms with Crippen LogP contribution in [0.15, 0.2) is 60.9 Å². The Morgan fingerprint density at radius 3 is 2.94 bits per heavy atom. The molecular formula is C27H28ClN5O3. The number of hydrogen-bond acceptors (Lipinski definition) is 6. The summed E-state index contributed by atoms with van der Waals surface area (Å²) in [6.07, 6.45) is 4.25. The molecule has 0 radical (unpaired) electrons. The van der Waals surface area contributed by atoms with E-state index in [4.69, 9.17) is 22.1 Å². The number of likely N-dealkylation sites (tertiary alicyclic amines) is 1. The van der Waals surface area contributed by atoms with Gasteiger partial charge in [-0.05, 0) is 48.4 Å². The lowest BCUT2D eigenvalue weighted by atomic mass is 10.0. The second-order valence-electron chi connectivity index (χ2n) is 9.06. The molecule has 1 amide bonds. The number of methoxy groups -OCH3 is 1. The van der Waals surface area contributed by atoms with Crippen LogP contribution in [0.5, 0.6) is 0 Å². The Labute approximate surface area is 214 Å². The van der Waals surface area contributed by atoms with Crippen molar-refractivity contribution in [2.24, 2.45) is 5.92 Å². The first-order valence-electron chi connectivity index (χ1n) is 11.9. The summed E-state index contributed by atoms with van der Waals surface area (Å²) in [6.45, 7) is 1.54. The third-order valence-electron chi connectivity index (χ3n) is 6.83. The molecule has 1 saturated heterocycles. The van der Waals surface area contributed by atoms with Gasteiger partial charge < -0.3 is 19.9 Å². The first-order chi connectivity index (χ1) is 17.4. The molecule has 0 saturated carbocycles. The van der Waals surface area contributed by atoms with Crippen molar-refractivity contribution in [1.29, 1.82) is 0 Å². The van der Waals surface area contributed by atoms with E-state index in [0.717, 1.165) is 27.4 Å². The summed E-state index contributed by atoms with van der Waals surface area (Å²) < 4.78 is 6.85. The minimum absolute atomic E-state index is 0.0713. The zero-order valence-corrected chi connectivity index (χ0v) is 20.7. The largest absolute Gasteiger partial charge is 0.469 e. The molecule has 1 unspecified atom stereocenters. The number of carbonyl (C=O) groups excluding carboxylic acids is 2. The summed E-state index contributed by atoms with van der Waals surface area (Å²) in [5, 5.41) is 5.99. The summed E-state index contributed by atoms with van der Waals surface area (Å²) in [6, 6.07) is 15.4. The van der Waals surface area contributed by atoms with Gasteiger partial charge in [-0.1, -0.05) is 23.7 Å². The standard InChI is InChI=1S/C27H28ClN5O3/c1-36-25(34)7-11-31-26(33-13-8-18-15-19(28)3-5-24(18)33)21-9-12-32(27(21)35)16-17-2-4-20-22(29)6-10-30-23(20)14-17/h2-6,8,10,13-15,21,26,31H,7,9,11-12,16H2,1H3,(H2,29,30)/t21-,26?/m1/s1. The number of aromatic nitrogens is 2. The Bertz CT molecular complexity index is 1440. The highest BCUT2D eigenvalue weighted by atomic mass is 35.5. The van der Waals surface area contributed by atoms with E-state index < -0.39 is 0 Å². The molecule has 0 aliphatic carbocycles. The zero-order chi connectivity index (χ0) is 25.2. The van der Waals surface area contributed by atoms with Crippen LogP contribution in [0, 0.1) is 5.92 Å². The Kier molecular flexibility index (Phi) is 6.80. The monoisotopic (exact) mass is 505 g/mol. The lowest BCUT2D eigenvalue weighted by Gasteiger charge is -2.27. The van der Waals surface area contributed by atoms with Gasteiger partial charge in [-0.25, -0.2) is 0 Å². The van der Waals surface area contributed by atoms with Gasteiger partial charge in [0.25, 0.3) is 0 Å². The highest BCUT2D eigenvalue weighted by Crippen LogP contribution is 2.33. The number of nitrogens with two attached hydrogens (primary N) is 1. The molecule has 8 nitrogen and oxygen atoms in total. The molecule has 1 aliphatic rings. The van der Waals surface area contributed by atoms with Gasteiger partial charge in [0.2, 0.25) is 5.91 Å². The Morgan fingerprint density at radius 1 is 1.25 bits per heavy atom. The van der Waals surface area contributed by atoms with E-state index in [1.807, 2.05) is 53.6 Å². The summed E-state index contributed by atoms with van der Waals surface area (Å²) in [5.74, 6) is -0.513. The fraction of sp³-hybridized carbons (Fsp3) is 0.296. The highest BCUT2D eigenvalue weighted by Gasteiger charge is 2.38. The molecule has 4 aromatic rings. The van der Waals surface area contributed by atoms with Gasteiger partial charge >= 0.3 is 5.97 Å². The Balaban J connectivity index is 1.38. The quantitative estimate of drug-likeness (QED) is 0.349. The first-order valence-corrected chi connectivity index (χ1v) is 12.3. The van der Waals surface area contributed by atoms with Crippen molar-refractivity contribution in [2.75, 3.05) is 25.9 Å². The molecule has 0 bridgehead atoms. The number of anilines is 1. The molecule has 1 aliphatic heterocycles. The second kappa shape index (κ2) is 10.2. The molecule has 36 heavy (non-hydrogen) atoms. The molecule has 2 aromatic carbocycles. The summed E-state index contributed by atoms with van der Waals surface area (Å²) >= 11 is 6.18. The maximum absolute atomic E-state index is 13.6. The molecule has 2 atom stereocenters. The average molecular weight is 506 g/mol. The minimum Gasteiger partial charge on any atom is -0.469 e. The van der Waals surface area contributed by atoms with Crippen molar-refractivity contribution >= 4 is 51.0 Å². The number of hydrogen-bond donors (Lipinski definition) is 2. The Hall–Kier alpha value is -3.62. The number of nitrogen functional groups attached to an aromatic ring is 1. The van der Waals surface area contributed by atoms with Crippen LogP contribution in [-0.2, 0) is 20.9 Å². The second-order valence-corrected chi connectivity index (χ2v) is 9.49. The van der Waals surface area contributed by atoms with Gasteiger partial charge in [-0.2, -0.15) is 0 Å². The van der Waals surface area contributed by atoms with Gasteiger partial charge in [0.1, 0.15) is 0 Å². The zero-order valence-electron chi connectivity index (χ0n) is 20.0. The van der Waals surface area contributed by atoms with Crippen molar-refractivity contribution in [3.63, 3.8) is 0 Å². The summed E-state index contributed by atoms with van der Waals surface area (Å²) in [5.41, 5.74) is 9.53. The molecule has 0 spiro atoms. The Morgan fingerprint density at radius 2 is 2.11 bits per heavy atom. The first kappa shape index (κ1) is 24.1. The van der Waals surface area contributed by atoms with Gasteiger partial charge in [-0.3, -0.25) is 19.9 Å². The number of amides is 1. The average Bonchev–Trinajstić information content (AvgIpc) is 3.45. The minimum atomic E-state index is -0.316. The SMILES string of the molecule is COC(=O)CCNC([C@H]1CCN(Cc2ccc3c(N)ccnc3c2)C1=O)n1ccc2cc(Cl)ccc21. The lowest BCUT2D eigenvalue weighted by Crippen LogP contribution is -2.38. The molecule has 3 N–H and O–H groups in total. The number of esters is 1. The van der Waals surface area contributed by atoms with E-state index in [0.29, 0.717) is 36.8 Å². The number of carbonyl (C=O) groups is 2. The van der Waals surface area contributed by atoms with Crippen LogP contribution in [0.25, 0.3) is 21.8 Å². The topological polar surface area (TPSA) is 102 Å². The van der Waals surface area contributed by atoms with Crippen LogP contribution in [0.3, 0.4) is 0 Å². The molecule has 1 fully saturated rings. The normalized spacial score (nSPS) is 16.7. The summed E-state index contributed by atoms with van der Waals surface area (Å²) in [4.78, 5) is 31.6. The van der Waals surface area contributed by atoms with E-state index in [1.165, 1.54) is 7.11 Å². The number of nitrogens with one attached hydrogen (secondary N) is 1. The van der Waals surface area contributed by atoms with E-state index in [-0.39, 0.29) is 30.4 Å². The number of fused-ring (bicyclic) bond motifs is 2. The van der Waals surface area contributed by atoms with Crippen molar-refractivity contribution < 1.29 is 14.3 Å². The molecule has 3 heterocycles. The van der Waals surface area contributed by atoms with Crippen LogP contribution in [0.2, 0.25) is 5.02 Å². The number of halogens is 1. The van der Waals surface area contributed by atoms with E-state index >= 15 is 0 Å². The third kappa shape index (κ3) is 4.74. The maximum Gasteiger partial charge on any atom is 0.306 e. The summed E-state index contributed by atoms with van der Waals surface area (Å²) in [7, 11) is 1.37. The number of ether oxygens (including phenoxy) is 1. The highest BCUT2D eigenvalue weighted by molar-refractivity contribution is 6.31. The van der Waals surface area contributed by atoms with Gasteiger partial charge in [0.15, 0.2) is 0 Å². The lowest BCUT2D eigenvalue weighted by molar-refractivity contribution is -0.140.